The van der Waals surface area contributed by atoms with Gasteiger partial charge in [-0.05, 0) is 67.9 Å². The maximum absolute atomic E-state index is 14.0. The van der Waals surface area contributed by atoms with Crippen molar-refractivity contribution in [3.63, 3.8) is 0 Å². The van der Waals surface area contributed by atoms with Gasteiger partial charge in [-0.1, -0.05) is 0 Å². The van der Waals surface area contributed by atoms with E-state index in [0.29, 0.717) is 25.8 Å². The fourth-order valence-electron chi connectivity index (χ4n) is 3.82. The SMILES string of the molecule is CC1=NCC(c2cnc(CC3CC(c4cc(C(F)(F)F)ccc4F)C3)cn2)=C1. The van der Waals surface area contributed by atoms with Crippen LogP contribution in [-0.2, 0) is 12.6 Å². The number of benzene rings is 1. The molecule has 146 valence electrons. The van der Waals surface area contributed by atoms with E-state index in [1.807, 2.05) is 13.0 Å². The monoisotopic (exact) mass is 389 g/mol. The Bertz CT molecular complexity index is 939. The van der Waals surface area contributed by atoms with E-state index in [9.17, 15) is 17.6 Å². The number of hydrogen-bond donors (Lipinski definition) is 0. The van der Waals surface area contributed by atoms with E-state index in [1.54, 1.807) is 12.4 Å². The molecule has 4 rings (SSSR count). The Kier molecular flexibility index (Phi) is 4.77. The first-order chi connectivity index (χ1) is 13.3. The van der Waals surface area contributed by atoms with Crippen molar-refractivity contribution in [1.29, 1.82) is 0 Å². The summed E-state index contributed by atoms with van der Waals surface area (Å²) in [6.45, 7) is 2.56. The minimum absolute atomic E-state index is 0.163. The zero-order valence-corrected chi connectivity index (χ0v) is 15.3. The van der Waals surface area contributed by atoms with Crippen LogP contribution < -0.4 is 0 Å². The molecule has 3 nitrogen and oxygen atoms in total. The molecule has 28 heavy (non-hydrogen) atoms. The number of rotatable bonds is 4. The lowest BCUT2D eigenvalue weighted by molar-refractivity contribution is -0.137. The second kappa shape index (κ2) is 7.11. The van der Waals surface area contributed by atoms with Crippen LogP contribution in [0.3, 0.4) is 0 Å². The Hall–Kier alpha value is -2.57. The molecule has 1 aliphatic carbocycles. The van der Waals surface area contributed by atoms with Gasteiger partial charge in [0, 0.05) is 17.5 Å². The number of hydrogen-bond acceptors (Lipinski definition) is 3. The Morgan fingerprint density at radius 2 is 1.89 bits per heavy atom. The van der Waals surface area contributed by atoms with Crippen LogP contribution in [0, 0.1) is 11.7 Å². The summed E-state index contributed by atoms with van der Waals surface area (Å²) in [6.07, 6.45) is 3.00. The summed E-state index contributed by atoms with van der Waals surface area (Å²) >= 11 is 0. The standard InChI is InChI=1S/C21H19F4N3/c1-12-4-15(9-26-12)20-11-27-17(10-28-20)7-13-5-14(6-13)18-8-16(21(23,24)25)2-3-19(18)22/h2-4,8,10-11,13-14H,5-7,9H2,1H3. The fourth-order valence-corrected chi connectivity index (χ4v) is 3.82. The number of nitrogens with zero attached hydrogens (tertiary/aromatic N) is 3. The van der Waals surface area contributed by atoms with E-state index in [4.69, 9.17) is 0 Å². The van der Waals surface area contributed by atoms with Gasteiger partial charge in [0.15, 0.2) is 0 Å². The van der Waals surface area contributed by atoms with Gasteiger partial charge >= 0.3 is 6.18 Å². The number of aliphatic imine (C=N–C) groups is 1. The van der Waals surface area contributed by atoms with E-state index in [0.717, 1.165) is 40.9 Å². The molecule has 1 aliphatic heterocycles. The molecule has 1 fully saturated rings. The molecule has 1 aromatic heterocycles. The Labute approximate surface area is 160 Å². The first-order valence-corrected chi connectivity index (χ1v) is 9.19. The van der Waals surface area contributed by atoms with Crippen LogP contribution >= 0.6 is 0 Å². The molecule has 2 aromatic rings. The predicted octanol–water partition coefficient (Wildman–Crippen LogP) is 5.23. The minimum atomic E-state index is -4.46. The fraction of sp³-hybridized carbons (Fsp3) is 0.381. The van der Waals surface area contributed by atoms with Gasteiger partial charge < -0.3 is 0 Å². The second-order valence-corrected chi connectivity index (χ2v) is 7.49. The molecule has 2 heterocycles. The molecule has 0 saturated heterocycles. The third-order valence-corrected chi connectivity index (χ3v) is 5.41. The van der Waals surface area contributed by atoms with Crippen molar-refractivity contribution in [2.45, 2.75) is 38.3 Å². The molecule has 0 spiro atoms. The summed E-state index contributed by atoms with van der Waals surface area (Å²) in [5.41, 5.74) is 3.03. The molecule has 0 radical (unpaired) electrons. The lowest BCUT2D eigenvalue weighted by Crippen LogP contribution is -2.25. The van der Waals surface area contributed by atoms with E-state index < -0.39 is 17.6 Å². The maximum Gasteiger partial charge on any atom is 0.416 e. The lowest BCUT2D eigenvalue weighted by Gasteiger charge is -2.36. The highest BCUT2D eigenvalue weighted by atomic mass is 19.4. The van der Waals surface area contributed by atoms with Crippen molar-refractivity contribution < 1.29 is 17.6 Å². The van der Waals surface area contributed by atoms with Crippen LogP contribution in [0.25, 0.3) is 5.57 Å². The molecule has 0 atom stereocenters. The third-order valence-electron chi connectivity index (χ3n) is 5.41. The highest BCUT2D eigenvalue weighted by Crippen LogP contribution is 2.45. The van der Waals surface area contributed by atoms with Crippen LogP contribution in [0.15, 0.2) is 41.7 Å². The quantitative estimate of drug-likeness (QED) is 0.672. The first kappa shape index (κ1) is 18.8. The van der Waals surface area contributed by atoms with E-state index >= 15 is 0 Å². The minimum Gasteiger partial charge on any atom is -0.285 e. The molecule has 7 heteroatoms. The first-order valence-electron chi connectivity index (χ1n) is 9.19. The average Bonchev–Trinajstić information content (AvgIpc) is 3.04. The maximum atomic E-state index is 14.0. The molecule has 1 saturated carbocycles. The van der Waals surface area contributed by atoms with Crippen LogP contribution in [0.1, 0.15) is 48.2 Å². The van der Waals surface area contributed by atoms with Gasteiger partial charge in [0.25, 0.3) is 0 Å². The molecule has 0 N–H and O–H groups in total. The van der Waals surface area contributed by atoms with Crippen LogP contribution in [0.2, 0.25) is 0 Å². The van der Waals surface area contributed by atoms with Gasteiger partial charge in [0.2, 0.25) is 0 Å². The Morgan fingerprint density at radius 3 is 2.50 bits per heavy atom. The van der Waals surface area contributed by atoms with Gasteiger partial charge in [-0.25, -0.2) is 4.39 Å². The summed E-state index contributed by atoms with van der Waals surface area (Å²) in [5.74, 6) is -0.471. The number of alkyl halides is 3. The van der Waals surface area contributed by atoms with Gasteiger partial charge in [-0.15, -0.1) is 0 Å². The lowest BCUT2D eigenvalue weighted by atomic mass is 9.69. The summed E-state index contributed by atoms with van der Waals surface area (Å²) in [7, 11) is 0. The average molecular weight is 389 g/mol. The zero-order chi connectivity index (χ0) is 19.9. The number of halogens is 4. The van der Waals surface area contributed by atoms with Gasteiger partial charge in [0.1, 0.15) is 5.82 Å². The van der Waals surface area contributed by atoms with Crippen molar-refractivity contribution in [1.82, 2.24) is 9.97 Å². The van der Waals surface area contributed by atoms with Gasteiger partial charge in [0.05, 0.1) is 29.7 Å². The Balaban J connectivity index is 1.37. The van der Waals surface area contributed by atoms with Crippen LogP contribution in [0.4, 0.5) is 17.6 Å². The normalized spacial score (nSPS) is 21.9. The smallest absolute Gasteiger partial charge is 0.285 e. The van der Waals surface area contributed by atoms with Crippen LogP contribution in [-0.4, -0.2) is 22.2 Å². The highest BCUT2D eigenvalue weighted by molar-refractivity contribution is 6.02. The Morgan fingerprint density at radius 1 is 1.11 bits per heavy atom. The van der Waals surface area contributed by atoms with Crippen LogP contribution in [0.5, 0.6) is 0 Å². The molecule has 0 unspecified atom stereocenters. The van der Waals surface area contributed by atoms with E-state index in [1.165, 1.54) is 0 Å². The molecule has 0 amide bonds. The van der Waals surface area contributed by atoms with Gasteiger partial charge in [-0.3, -0.25) is 15.0 Å². The van der Waals surface area contributed by atoms with Crippen molar-refractivity contribution in [2.75, 3.05) is 6.54 Å². The molecular formula is C21H19F4N3. The topological polar surface area (TPSA) is 38.1 Å². The summed E-state index contributed by atoms with van der Waals surface area (Å²) in [6, 6.07) is 2.65. The van der Waals surface area contributed by atoms with E-state index in [2.05, 4.69) is 15.0 Å². The van der Waals surface area contributed by atoms with Crippen molar-refractivity contribution in [3.05, 3.63) is 65.0 Å². The molecule has 0 bridgehead atoms. The third kappa shape index (κ3) is 3.84. The second-order valence-electron chi connectivity index (χ2n) is 7.49. The number of allylic oxidation sites excluding steroid dienone is 1. The summed E-state index contributed by atoms with van der Waals surface area (Å²) in [5, 5.41) is 0. The van der Waals surface area contributed by atoms with Crippen molar-refractivity contribution >= 4 is 11.3 Å². The van der Waals surface area contributed by atoms with Gasteiger partial charge in [-0.2, -0.15) is 13.2 Å². The number of aromatic nitrogens is 2. The van der Waals surface area contributed by atoms with Crippen molar-refractivity contribution in [2.24, 2.45) is 10.9 Å². The molecule has 2 aliphatic rings. The van der Waals surface area contributed by atoms with Crippen molar-refractivity contribution in [3.8, 4) is 0 Å². The molecular weight excluding hydrogens is 370 g/mol. The zero-order valence-electron chi connectivity index (χ0n) is 15.3. The largest absolute Gasteiger partial charge is 0.416 e. The molecule has 1 aromatic carbocycles. The highest BCUT2D eigenvalue weighted by Gasteiger charge is 2.36. The summed E-state index contributed by atoms with van der Waals surface area (Å²) < 4.78 is 52.6. The predicted molar refractivity (Wildman–Crippen MR) is 98.6 cm³/mol. The summed E-state index contributed by atoms with van der Waals surface area (Å²) in [4.78, 5) is 13.2. The van der Waals surface area contributed by atoms with E-state index in [-0.39, 0.29) is 17.4 Å².